The lowest BCUT2D eigenvalue weighted by molar-refractivity contribution is 0.103. The minimum atomic E-state index is -0.826. The van der Waals surface area contributed by atoms with Crippen LogP contribution in [0.1, 0.15) is 27.0 Å². The van der Waals surface area contributed by atoms with Crippen LogP contribution in [0.3, 0.4) is 0 Å². The first-order chi connectivity index (χ1) is 11.7. The van der Waals surface area contributed by atoms with Crippen LogP contribution in [-0.2, 0) is 14.1 Å². The highest BCUT2D eigenvalue weighted by atomic mass is 16.2. The highest BCUT2D eigenvalue weighted by molar-refractivity contribution is 6.16. The van der Waals surface area contributed by atoms with Gasteiger partial charge < -0.3 is 5.73 Å². The van der Waals surface area contributed by atoms with Crippen molar-refractivity contribution >= 4 is 17.7 Å². The molecule has 1 aromatic heterocycles. The van der Waals surface area contributed by atoms with Gasteiger partial charge in [-0.05, 0) is 31.1 Å². The first-order valence-electron chi connectivity index (χ1n) is 7.48. The number of benzene rings is 1. The number of nitrogen functional groups attached to an aromatic ring is 1. The van der Waals surface area contributed by atoms with Crippen LogP contribution in [0.2, 0.25) is 0 Å². The van der Waals surface area contributed by atoms with E-state index in [9.17, 15) is 19.6 Å². The molecule has 0 bridgehead atoms. The first-order valence-corrected chi connectivity index (χ1v) is 7.48. The number of nitrogens with zero attached hydrogens (tertiary/aromatic N) is 3. The summed E-state index contributed by atoms with van der Waals surface area (Å²) in [5, 5.41) is 9.40. The Kier molecular flexibility index (Phi) is 4.75. The van der Waals surface area contributed by atoms with E-state index < -0.39 is 17.0 Å². The molecule has 0 saturated heterocycles. The standard InChI is InChI=1S/C18H18N4O3/c1-10-5-6-11(2)12(7-10)8-13(9-19)15(23)14-16(20)21(3)18(25)22(4)17(14)24/h5-8H,20H2,1-4H3/b13-8+. The van der Waals surface area contributed by atoms with Gasteiger partial charge in [0.05, 0.1) is 0 Å². The fourth-order valence-corrected chi connectivity index (χ4v) is 2.43. The topological polar surface area (TPSA) is 111 Å². The zero-order chi connectivity index (χ0) is 18.9. The number of ketones is 1. The number of hydrogen-bond donors (Lipinski definition) is 1. The SMILES string of the molecule is Cc1ccc(C)c(/C=C(\C#N)C(=O)c2c(N)n(C)c(=O)n(C)c2=O)c1. The summed E-state index contributed by atoms with van der Waals surface area (Å²) in [5.41, 5.74) is 6.26. The average molecular weight is 338 g/mol. The van der Waals surface area contributed by atoms with E-state index in [4.69, 9.17) is 5.73 Å². The molecule has 2 rings (SSSR count). The Morgan fingerprint density at radius 2 is 1.84 bits per heavy atom. The molecule has 1 heterocycles. The number of allylic oxidation sites excluding steroid dienone is 1. The number of rotatable bonds is 3. The molecule has 1 aromatic carbocycles. The minimum absolute atomic E-state index is 0.226. The second-order valence-corrected chi connectivity index (χ2v) is 5.82. The third-order valence-electron chi connectivity index (χ3n) is 4.04. The molecule has 2 N–H and O–H groups in total. The fourth-order valence-electron chi connectivity index (χ4n) is 2.43. The van der Waals surface area contributed by atoms with Crippen molar-refractivity contribution in [2.75, 3.05) is 5.73 Å². The average Bonchev–Trinajstić information content (AvgIpc) is 2.58. The Balaban J connectivity index is 2.70. The van der Waals surface area contributed by atoms with Gasteiger partial charge in [-0.3, -0.25) is 18.7 Å². The molecule has 2 aromatic rings. The van der Waals surface area contributed by atoms with Gasteiger partial charge in [-0.1, -0.05) is 23.8 Å². The van der Waals surface area contributed by atoms with E-state index in [2.05, 4.69) is 0 Å². The number of hydrogen-bond acceptors (Lipinski definition) is 5. The minimum Gasteiger partial charge on any atom is -0.384 e. The van der Waals surface area contributed by atoms with Crippen molar-refractivity contribution in [1.29, 1.82) is 5.26 Å². The smallest absolute Gasteiger partial charge is 0.332 e. The van der Waals surface area contributed by atoms with Crippen molar-refractivity contribution in [2.24, 2.45) is 14.1 Å². The maximum atomic E-state index is 12.7. The third kappa shape index (κ3) is 3.15. The largest absolute Gasteiger partial charge is 0.384 e. The van der Waals surface area contributed by atoms with Crippen molar-refractivity contribution in [1.82, 2.24) is 9.13 Å². The van der Waals surface area contributed by atoms with Crippen molar-refractivity contribution < 1.29 is 4.79 Å². The summed E-state index contributed by atoms with van der Waals surface area (Å²) in [7, 11) is 2.61. The Bertz CT molecular complexity index is 1070. The number of nitrogens with two attached hydrogens (primary N) is 1. The number of aromatic nitrogens is 2. The van der Waals surface area contributed by atoms with Gasteiger partial charge in [0.2, 0.25) is 5.78 Å². The van der Waals surface area contributed by atoms with Gasteiger partial charge in [0.15, 0.2) is 0 Å². The van der Waals surface area contributed by atoms with Crippen molar-refractivity contribution in [3.63, 3.8) is 0 Å². The number of carbonyl (C=O) groups excluding carboxylic acids is 1. The maximum Gasteiger partial charge on any atom is 0.332 e. The molecule has 0 aliphatic rings. The molecule has 0 amide bonds. The molecule has 0 unspecified atom stereocenters. The Hall–Kier alpha value is -3.40. The lowest BCUT2D eigenvalue weighted by Crippen LogP contribution is -2.41. The number of nitriles is 1. The monoisotopic (exact) mass is 338 g/mol. The van der Waals surface area contributed by atoms with Crippen LogP contribution in [0.25, 0.3) is 6.08 Å². The second kappa shape index (κ2) is 6.61. The van der Waals surface area contributed by atoms with E-state index in [-0.39, 0.29) is 17.0 Å². The normalized spacial score (nSPS) is 11.2. The van der Waals surface area contributed by atoms with E-state index in [1.54, 1.807) is 0 Å². The maximum absolute atomic E-state index is 12.7. The van der Waals surface area contributed by atoms with Gasteiger partial charge in [-0.25, -0.2) is 4.79 Å². The summed E-state index contributed by atoms with van der Waals surface area (Å²) >= 11 is 0. The van der Waals surface area contributed by atoms with Gasteiger partial charge in [0.25, 0.3) is 5.56 Å². The number of anilines is 1. The zero-order valence-corrected chi connectivity index (χ0v) is 14.5. The summed E-state index contributed by atoms with van der Waals surface area (Å²) in [5.74, 6) is -1.07. The number of Topliss-reactive ketones (excluding diaryl/α,β-unsaturated/α-hetero) is 1. The van der Waals surface area contributed by atoms with Crippen LogP contribution in [0.5, 0.6) is 0 Å². The van der Waals surface area contributed by atoms with E-state index in [0.29, 0.717) is 5.56 Å². The molecular formula is C18H18N4O3. The third-order valence-corrected chi connectivity index (χ3v) is 4.04. The van der Waals surface area contributed by atoms with Crippen LogP contribution >= 0.6 is 0 Å². The fraction of sp³-hybridized carbons (Fsp3) is 0.222. The van der Waals surface area contributed by atoms with E-state index in [0.717, 1.165) is 20.3 Å². The summed E-state index contributed by atoms with van der Waals surface area (Å²) in [4.78, 5) is 36.9. The molecule has 0 fully saturated rings. The van der Waals surface area contributed by atoms with Gasteiger partial charge in [-0.2, -0.15) is 5.26 Å². The van der Waals surface area contributed by atoms with Gasteiger partial charge in [0.1, 0.15) is 23.0 Å². The molecule has 0 saturated carbocycles. The molecule has 0 spiro atoms. The number of carbonyl (C=O) groups is 1. The highest BCUT2D eigenvalue weighted by Gasteiger charge is 2.23. The summed E-state index contributed by atoms with van der Waals surface area (Å²) in [6, 6.07) is 7.45. The highest BCUT2D eigenvalue weighted by Crippen LogP contribution is 2.17. The van der Waals surface area contributed by atoms with Crippen LogP contribution < -0.4 is 17.0 Å². The predicted molar refractivity (Wildman–Crippen MR) is 95.2 cm³/mol. The van der Waals surface area contributed by atoms with Gasteiger partial charge in [0, 0.05) is 14.1 Å². The van der Waals surface area contributed by atoms with E-state index >= 15 is 0 Å². The van der Waals surface area contributed by atoms with Crippen molar-refractivity contribution in [3.8, 4) is 6.07 Å². The molecule has 25 heavy (non-hydrogen) atoms. The molecule has 7 nitrogen and oxygen atoms in total. The molecule has 0 aliphatic heterocycles. The van der Waals surface area contributed by atoms with Gasteiger partial charge in [-0.15, -0.1) is 0 Å². The number of aryl methyl sites for hydroxylation is 2. The van der Waals surface area contributed by atoms with Crippen LogP contribution in [0, 0.1) is 25.2 Å². The summed E-state index contributed by atoms with van der Waals surface area (Å²) < 4.78 is 1.79. The first kappa shape index (κ1) is 17.9. The molecular weight excluding hydrogens is 320 g/mol. The molecule has 0 atom stereocenters. The van der Waals surface area contributed by atoms with Crippen molar-refractivity contribution in [3.05, 3.63) is 66.9 Å². The quantitative estimate of drug-likeness (QED) is 0.511. The van der Waals surface area contributed by atoms with Gasteiger partial charge >= 0.3 is 5.69 Å². The Morgan fingerprint density at radius 1 is 1.20 bits per heavy atom. The van der Waals surface area contributed by atoms with E-state index in [1.807, 2.05) is 38.1 Å². The zero-order valence-electron chi connectivity index (χ0n) is 14.5. The van der Waals surface area contributed by atoms with Crippen LogP contribution in [-0.4, -0.2) is 14.9 Å². The van der Waals surface area contributed by atoms with Crippen molar-refractivity contribution in [2.45, 2.75) is 13.8 Å². The van der Waals surface area contributed by atoms with Crippen LogP contribution in [0.4, 0.5) is 5.82 Å². The Labute approximate surface area is 144 Å². The molecule has 128 valence electrons. The summed E-state index contributed by atoms with van der Waals surface area (Å²) in [6.45, 7) is 3.75. The lowest BCUT2D eigenvalue weighted by Gasteiger charge is -2.10. The predicted octanol–water partition coefficient (Wildman–Crippen LogP) is 1.07. The Morgan fingerprint density at radius 3 is 2.44 bits per heavy atom. The summed E-state index contributed by atoms with van der Waals surface area (Å²) in [6.07, 6.45) is 1.43. The lowest BCUT2D eigenvalue weighted by atomic mass is 9.99. The van der Waals surface area contributed by atoms with E-state index in [1.165, 1.54) is 20.2 Å². The molecule has 7 heteroatoms. The van der Waals surface area contributed by atoms with Crippen LogP contribution in [0.15, 0.2) is 33.4 Å². The molecule has 0 aliphatic carbocycles. The second-order valence-electron chi connectivity index (χ2n) is 5.82. The molecule has 0 radical (unpaired) electrons.